The Morgan fingerprint density at radius 2 is 1.95 bits per heavy atom. The zero-order valence-electron chi connectivity index (χ0n) is 21.4. The van der Waals surface area contributed by atoms with E-state index in [1.54, 1.807) is 38.1 Å². The number of hydrogen-bond acceptors (Lipinski definition) is 6. The van der Waals surface area contributed by atoms with Crippen LogP contribution in [0.15, 0.2) is 71.3 Å². The van der Waals surface area contributed by atoms with Crippen LogP contribution in [0.1, 0.15) is 50.3 Å². The summed E-state index contributed by atoms with van der Waals surface area (Å²) in [4.78, 5) is 14.7. The van der Waals surface area contributed by atoms with E-state index < -0.39 is 29.2 Å². The molecule has 2 N–H and O–H groups in total. The van der Waals surface area contributed by atoms with Crippen molar-refractivity contribution in [3.05, 3.63) is 87.9 Å². The highest BCUT2D eigenvalue weighted by atomic mass is 19.4. The minimum Gasteiger partial charge on any atom is -0.476 e. The fourth-order valence-electron chi connectivity index (χ4n) is 4.62. The third-order valence-corrected chi connectivity index (χ3v) is 6.36. The van der Waals surface area contributed by atoms with Gasteiger partial charge in [-0.3, -0.25) is 10.3 Å². The zero-order chi connectivity index (χ0) is 27.8. The Morgan fingerprint density at radius 1 is 1.26 bits per heavy atom. The van der Waals surface area contributed by atoms with Crippen molar-refractivity contribution in [3.8, 4) is 6.07 Å². The number of anilines is 1. The second-order valence-corrected chi connectivity index (χ2v) is 9.66. The smallest absolute Gasteiger partial charge is 0.416 e. The molecule has 0 saturated carbocycles. The van der Waals surface area contributed by atoms with Gasteiger partial charge < -0.3 is 14.8 Å². The first-order chi connectivity index (χ1) is 17.9. The van der Waals surface area contributed by atoms with Gasteiger partial charge in [0.1, 0.15) is 12.4 Å². The van der Waals surface area contributed by atoms with Crippen molar-refractivity contribution in [1.29, 1.82) is 10.7 Å². The molecule has 7 nitrogen and oxygen atoms in total. The maximum Gasteiger partial charge on any atom is 0.416 e. The Labute approximate surface area is 218 Å². The van der Waals surface area contributed by atoms with E-state index in [0.29, 0.717) is 11.1 Å². The van der Waals surface area contributed by atoms with Crippen molar-refractivity contribution in [2.45, 2.75) is 45.3 Å². The number of ether oxygens (including phenoxy) is 2. The summed E-state index contributed by atoms with van der Waals surface area (Å²) in [5, 5.41) is 21.7. The summed E-state index contributed by atoms with van der Waals surface area (Å²) in [5.74, 6) is -1.41. The molecule has 10 heteroatoms. The van der Waals surface area contributed by atoms with Gasteiger partial charge >= 0.3 is 12.1 Å². The summed E-state index contributed by atoms with van der Waals surface area (Å²) in [6, 6.07) is 13.2. The van der Waals surface area contributed by atoms with Crippen LogP contribution >= 0.6 is 0 Å². The van der Waals surface area contributed by atoms with E-state index in [4.69, 9.17) is 9.47 Å². The lowest BCUT2D eigenvalue weighted by Gasteiger charge is -2.38. The highest BCUT2D eigenvalue weighted by Crippen LogP contribution is 2.45. The molecular weight excluding hydrogens is 497 g/mol. The van der Waals surface area contributed by atoms with Gasteiger partial charge in [-0.25, -0.2) is 4.79 Å². The predicted octanol–water partition coefficient (Wildman–Crippen LogP) is 5.61. The van der Waals surface area contributed by atoms with Gasteiger partial charge in [0.15, 0.2) is 5.88 Å². The Hall–Kier alpha value is -4.26. The lowest BCUT2D eigenvalue weighted by molar-refractivity contribution is -0.139. The number of alkyl halides is 3. The molecule has 2 aliphatic heterocycles. The molecule has 0 aromatic heterocycles. The molecule has 2 heterocycles. The number of allylic oxidation sites excluding steroid dienone is 1. The number of amidine groups is 1. The van der Waals surface area contributed by atoms with E-state index in [1.807, 2.05) is 13.8 Å². The average Bonchev–Trinajstić information content (AvgIpc) is 3.22. The normalized spacial score (nSPS) is 21.1. The molecule has 2 aromatic rings. The number of esters is 1. The third kappa shape index (κ3) is 4.96. The number of nitrogens with one attached hydrogen (secondary N) is 2. The maximum absolute atomic E-state index is 13.6. The van der Waals surface area contributed by atoms with Gasteiger partial charge in [0.05, 0.1) is 46.4 Å². The van der Waals surface area contributed by atoms with E-state index in [0.717, 1.165) is 12.1 Å². The Balaban J connectivity index is 2.02. The molecule has 0 spiro atoms. The molecule has 0 amide bonds. The van der Waals surface area contributed by atoms with Gasteiger partial charge in [-0.1, -0.05) is 18.2 Å². The van der Waals surface area contributed by atoms with Gasteiger partial charge in [0, 0.05) is 11.4 Å². The molecule has 1 saturated heterocycles. The fraction of sp³-hybridized carbons (Fsp3) is 0.321. The molecule has 4 rings (SSSR count). The van der Waals surface area contributed by atoms with Crippen LogP contribution in [-0.2, 0) is 20.4 Å². The molecule has 2 aliphatic rings. The number of hydrogen-bond donors (Lipinski definition) is 2. The molecule has 198 valence electrons. The van der Waals surface area contributed by atoms with Crippen molar-refractivity contribution in [2.75, 3.05) is 18.1 Å². The van der Waals surface area contributed by atoms with Crippen LogP contribution in [0.5, 0.6) is 0 Å². The van der Waals surface area contributed by atoms with Gasteiger partial charge in [-0.05, 0) is 63.6 Å². The van der Waals surface area contributed by atoms with Crippen molar-refractivity contribution in [2.24, 2.45) is 0 Å². The quantitative estimate of drug-likeness (QED) is 0.505. The second-order valence-electron chi connectivity index (χ2n) is 9.66. The Morgan fingerprint density at radius 3 is 2.50 bits per heavy atom. The van der Waals surface area contributed by atoms with Crippen LogP contribution in [0.25, 0.3) is 0 Å². The molecule has 1 atom stereocenters. The molecule has 0 bridgehead atoms. The van der Waals surface area contributed by atoms with Crippen molar-refractivity contribution < 1.29 is 27.4 Å². The van der Waals surface area contributed by atoms with Gasteiger partial charge in [-0.2, -0.15) is 18.4 Å². The monoisotopic (exact) mass is 524 g/mol. The lowest BCUT2D eigenvalue weighted by Crippen LogP contribution is -2.42. The first-order valence-electron chi connectivity index (χ1n) is 12.0. The molecule has 1 fully saturated rings. The van der Waals surface area contributed by atoms with Gasteiger partial charge in [0.25, 0.3) is 0 Å². The van der Waals surface area contributed by atoms with Gasteiger partial charge in [-0.15, -0.1) is 0 Å². The summed E-state index contributed by atoms with van der Waals surface area (Å²) in [6.45, 7) is 7.39. The van der Waals surface area contributed by atoms with Crippen LogP contribution < -0.4 is 10.2 Å². The molecule has 2 aromatic carbocycles. The topological polar surface area (TPSA) is 98.4 Å². The Kier molecular flexibility index (Phi) is 6.98. The van der Waals surface area contributed by atoms with Crippen LogP contribution in [0.4, 0.5) is 18.9 Å². The van der Waals surface area contributed by atoms with Crippen LogP contribution in [0.3, 0.4) is 0 Å². The van der Waals surface area contributed by atoms with Crippen LogP contribution in [-0.4, -0.2) is 30.6 Å². The summed E-state index contributed by atoms with van der Waals surface area (Å²) in [7, 11) is 0. The summed E-state index contributed by atoms with van der Waals surface area (Å²) < 4.78 is 52.0. The molecule has 0 aliphatic carbocycles. The zero-order valence-corrected chi connectivity index (χ0v) is 21.4. The molecule has 1 unspecified atom stereocenters. The number of rotatable bonds is 4. The lowest BCUT2D eigenvalue weighted by atomic mass is 9.79. The van der Waals surface area contributed by atoms with E-state index in [2.05, 4.69) is 11.4 Å². The summed E-state index contributed by atoms with van der Waals surface area (Å²) >= 11 is 0. The average molecular weight is 525 g/mol. The minimum atomic E-state index is -4.60. The van der Waals surface area contributed by atoms with Gasteiger partial charge in [0.2, 0.25) is 0 Å². The van der Waals surface area contributed by atoms with Crippen molar-refractivity contribution in [1.82, 2.24) is 5.32 Å². The Bertz CT molecular complexity index is 1390. The largest absolute Gasteiger partial charge is 0.476 e. The molecule has 0 radical (unpaired) electrons. The predicted molar refractivity (Wildman–Crippen MR) is 135 cm³/mol. The van der Waals surface area contributed by atoms with Crippen molar-refractivity contribution in [3.63, 3.8) is 0 Å². The SMILES string of the molecule is CCOC(=O)C1=C(C)N(c2cccc(C(F)(F)F)c2)C(=N)C(=C2NC(C)(C)CO2)C1c1ccc(C#N)cc1. The second kappa shape index (κ2) is 9.89. The third-order valence-electron chi connectivity index (χ3n) is 6.36. The number of nitriles is 1. The number of carbonyl (C=O) groups excluding carboxylic acids is 1. The first kappa shape index (κ1) is 26.8. The fourth-order valence-corrected chi connectivity index (χ4v) is 4.62. The highest BCUT2D eigenvalue weighted by Gasteiger charge is 2.44. The number of carbonyl (C=O) groups is 1. The van der Waals surface area contributed by atoms with E-state index in [9.17, 15) is 28.6 Å². The first-order valence-corrected chi connectivity index (χ1v) is 12.0. The van der Waals surface area contributed by atoms with Crippen LogP contribution in [0.2, 0.25) is 0 Å². The summed E-state index contributed by atoms with van der Waals surface area (Å²) in [6.07, 6.45) is -4.60. The molecule has 38 heavy (non-hydrogen) atoms. The summed E-state index contributed by atoms with van der Waals surface area (Å²) in [5.41, 5.74) is 0.384. The van der Waals surface area contributed by atoms with Crippen molar-refractivity contribution >= 4 is 17.5 Å². The minimum absolute atomic E-state index is 0.0674. The van der Waals surface area contributed by atoms with E-state index in [-0.39, 0.29) is 47.5 Å². The number of benzene rings is 2. The number of halogens is 3. The van der Waals surface area contributed by atoms with E-state index in [1.165, 1.54) is 17.0 Å². The van der Waals surface area contributed by atoms with E-state index >= 15 is 0 Å². The standard InChI is InChI=1S/C28H27F3N4O3/c1-5-37-26(36)21-16(2)35(20-8-6-7-19(13-20)28(29,30)31)24(33)23(25-34-27(3,4)15-38-25)22(21)18-11-9-17(14-32)10-12-18/h6-13,22,33-34H,5,15H2,1-4H3. The highest BCUT2D eigenvalue weighted by molar-refractivity contribution is 6.16. The maximum atomic E-state index is 13.6. The molecular formula is C28H27F3N4O3. The van der Waals surface area contributed by atoms with Crippen LogP contribution in [0, 0.1) is 16.7 Å². The number of nitrogens with zero attached hydrogens (tertiary/aromatic N) is 2.